The molecule has 3 rings (SSSR count). The number of amides is 1. The first-order valence-corrected chi connectivity index (χ1v) is 7.96. The van der Waals surface area contributed by atoms with Crippen molar-refractivity contribution in [3.63, 3.8) is 0 Å². The van der Waals surface area contributed by atoms with Crippen LogP contribution in [-0.4, -0.2) is 5.91 Å². The number of rotatable bonds is 6. The molecule has 1 amide bonds. The van der Waals surface area contributed by atoms with Crippen molar-refractivity contribution < 1.29 is 4.79 Å². The van der Waals surface area contributed by atoms with E-state index >= 15 is 0 Å². The van der Waals surface area contributed by atoms with Gasteiger partial charge in [-0.3, -0.25) is 10.1 Å². The second kappa shape index (κ2) is 7.57. The van der Waals surface area contributed by atoms with Gasteiger partial charge in [0.2, 0.25) is 5.91 Å². The summed E-state index contributed by atoms with van der Waals surface area (Å²) in [6, 6.07) is 29.0. The third kappa shape index (κ3) is 3.70. The highest BCUT2D eigenvalue weighted by Crippen LogP contribution is 2.26. The molecule has 0 heterocycles. The van der Waals surface area contributed by atoms with Crippen LogP contribution in [0.15, 0.2) is 91.0 Å². The SMILES string of the molecule is NC(=O)[C@@H](NC(c1ccccc1)c1ccccc1)c1ccccc1. The van der Waals surface area contributed by atoms with E-state index in [0.29, 0.717) is 0 Å². The number of benzene rings is 3. The number of carbonyl (C=O) groups excluding carboxylic acids is 1. The van der Waals surface area contributed by atoms with E-state index in [-0.39, 0.29) is 6.04 Å². The van der Waals surface area contributed by atoms with Crippen LogP contribution in [0.3, 0.4) is 0 Å². The predicted molar refractivity (Wildman–Crippen MR) is 96.2 cm³/mol. The van der Waals surface area contributed by atoms with Gasteiger partial charge in [0, 0.05) is 0 Å². The highest BCUT2D eigenvalue weighted by Gasteiger charge is 2.23. The quantitative estimate of drug-likeness (QED) is 0.730. The molecule has 3 nitrogen and oxygen atoms in total. The maximum Gasteiger partial charge on any atom is 0.239 e. The van der Waals surface area contributed by atoms with Crippen molar-refractivity contribution in [2.45, 2.75) is 12.1 Å². The van der Waals surface area contributed by atoms with E-state index in [2.05, 4.69) is 5.32 Å². The Balaban J connectivity index is 1.98. The number of nitrogens with two attached hydrogens (primary N) is 1. The molecule has 3 heteroatoms. The highest BCUT2D eigenvalue weighted by molar-refractivity contribution is 5.81. The normalized spacial score (nSPS) is 12.0. The van der Waals surface area contributed by atoms with Gasteiger partial charge in [0.05, 0.1) is 6.04 Å². The van der Waals surface area contributed by atoms with E-state index in [1.54, 1.807) is 0 Å². The van der Waals surface area contributed by atoms with Crippen LogP contribution >= 0.6 is 0 Å². The van der Waals surface area contributed by atoms with Crippen molar-refractivity contribution >= 4 is 5.91 Å². The lowest BCUT2D eigenvalue weighted by Gasteiger charge is -2.25. The lowest BCUT2D eigenvalue weighted by Crippen LogP contribution is -2.36. The molecule has 24 heavy (non-hydrogen) atoms. The minimum atomic E-state index is -0.559. The van der Waals surface area contributed by atoms with Crippen LogP contribution in [0.1, 0.15) is 28.8 Å². The second-order valence-electron chi connectivity index (χ2n) is 5.67. The third-order valence-electron chi connectivity index (χ3n) is 4.02. The van der Waals surface area contributed by atoms with Crippen LogP contribution in [0.25, 0.3) is 0 Å². The van der Waals surface area contributed by atoms with Crippen LogP contribution in [-0.2, 0) is 4.79 Å². The van der Waals surface area contributed by atoms with Crippen LogP contribution in [0.2, 0.25) is 0 Å². The van der Waals surface area contributed by atoms with Gasteiger partial charge in [-0.25, -0.2) is 0 Å². The summed E-state index contributed by atoms with van der Waals surface area (Å²) in [7, 11) is 0. The standard InChI is InChI=1S/C21H20N2O/c22-21(24)20(18-14-8-3-9-15-18)23-19(16-10-4-1-5-11-16)17-12-6-2-7-13-17/h1-15,19-20,23H,(H2,22,24)/t20-/m0/s1. The first kappa shape index (κ1) is 16.0. The van der Waals surface area contributed by atoms with E-state index in [9.17, 15) is 4.79 Å². The number of hydrogen-bond acceptors (Lipinski definition) is 2. The Morgan fingerprint density at radius 1 is 0.667 bits per heavy atom. The fraction of sp³-hybridized carbons (Fsp3) is 0.0952. The first-order chi connectivity index (χ1) is 11.8. The van der Waals surface area contributed by atoms with Crippen molar-refractivity contribution in [1.29, 1.82) is 0 Å². The van der Waals surface area contributed by atoms with Crippen LogP contribution < -0.4 is 11.1 Å². The molecule has 0 saturated carbocycles. The minimum Gasteiger partial charge on any atom is -0.368 e. The second-order valence-corrected chi connectivity index (χ2v) is 5.67. The van der Waals surface area contributed by atoms with Crippen molar-refractivity contribution in [3.05, 3.63) is 108 Å². The molecule has 0 aliphatic carbocycles. The third-order valence-corrected chi connectivity index (χ3v) is 4.02. The van der Waals surface area contributed by atoms with E-state index in [4.69, 9.17) is 5.73 Å². The maximum atomic E-state index is 12.1. The Labute approximate surface area is 142 Å². The molecule has 1 atom stereocenters. The molecule has 0 fully saturated rings. The highest BCUT2D eigenvalue weighted by atomic mass is 16.1. The van der Waals surface area contributed by atoms with Gasteiger partial charge in [-0.05, 0) is 16.7 Å². The Morgan fingerprint density at radius 3 is 1.42 bits per heavy atom. The lowest BCUT2D eigenvalue weighted by atomic mass is 9.96. The summed E-state index contributed by atoms with van der Waals surface area (Å²) in [5, 5.41) is 3.43. The Hall–Kier alpha value is -2.91. The van der Waals surface area contributed by atoms with Gasteiger partial charge in [0.25, 0.3) is 0 Å². The fourth-order valence-corrected chi connectivity index (χ4v) is 2.83. The number of hydrogen-bond donors (Lipinski definition) is 2. The van der Waals surface area contributed by atoms with Gasteiger partial charge in [-0.15, -0.1) is 0 Å². The molecular weight excluding hydrogens is 296 g/mol. The molecule has 0 aliphatic heterocycles. The molecule has 0 aliphatic rings. The molecule has 0 aromatic heterocycles. The average molecular weight is 316 g/mol. The molecular formula is C21H20N2O. The van der Waals surface area contributed by atoms with Crippen LogP contribution in [0.4, 0.5) is 0 Å². The first-order valence-electron chi connectivity index (χ1n) is 7.96. The summed E-state index contributed by atoms with van der Waals surface area (Å²) >= 11 is 0. The van der Waals surface area contributed by atoms with Crippen LogP contribution in [0.5, 0.6) is 0 Å². The molecule has 0 bridgehead atoms. The zero-order chi connectivity index (χ0) is 16.8. The van der Waals surface area contributed by atoms with Crippen molar-refractivity contribution in [1.82, 2.24) is 5.32 Å². The minimum absolute atomic E-state index is 0.120. The average Bonchev–Trinajstić information content (AvgIpc) is 2.64. The van der Waals surface area contributed by atoms with E-state index in [1.807, 2.05) is 91.0 Å². The van der Waals surface area contributed by atoms with E-state index in [1.165, 1.54) is 0 Å². The maximum absolute atomic E-state index is 12.1. The summed E-state index contributed by atoms with van der Waals surface area (Å²) in [4.78, 5) is 12.1. The topological polar surface area (TPSA) is 55.1 Å². The number of carbonyl (C=O) groups is 1. The zero-order valence-electron chi connectivity index (χ0n) is 13.3. The van der Waals surface area contributed by atoms with Gasteiger partial charge in [-0.2, -0.15) is 0 Å². The molecule has 0 radical (unpaired) electrons. The van der Waals surface area contributed by atoms with E-state index in [0.717, 1.165) is 16.7 Å². The van der Waals surface area contributed by atoms with Gasteiger partial charge >= 0.3 is 0 Å². The Morgan fingerprint density at radius 2 is 1.04 bits per heavy atom. The Bertz CT molecular complexity index is 733. The van der Waals surface area contributed by atoms with Crippen LogP contribution in [0, 0.1) is 0 Å². The fourth-order valence-electron chi connectivity index (χ4n) is 2.83. The summed E-state index contributed by atoms with van der Waals surface area (Å²) in [5.41, 5.74) is 8.71. The molecule has 3 aromatic rings. The van der Waals surface area contributed by atoms with Gasteiger partial charge in [0.1, 0.15) is 6.04 Å². The summed E-state index contributed by atoms with van der Waals surface area (Å²) in [5.74, 6) is -0.391. The van der Waals surface area contributed by atoms with Crippen molar-refractivity contribution in [2.24, 2.45) is 5.73 Å². The largest absolute Gasteiger partial charge is 0.368 e. The Kier molecular flexibility index (Phi) is 5.04. The molecule has 120 valence electrons. The van der Waals surface area contributed by atoms with Gasteiger partial charge in [-0.1, -0.05) is 91.0 Å². The summed E-state index contributed by atoms with van der Waals surface area (Å²) in [6.07, 6.45) is 0. The molecule has 0 saturated heterocycles. The molecule has 0 unspecified atom stereocenters. The monoisotopic (exact) mass is 316 g/mol. The molecule has 3 N–H and O–H groups in total. The van der Waals surface area contributed by atoms with E-state index < -0.39 is 11.9 Å². The number of primary amides is 1. The van der Waals surface area contributed by atoms with Crippen molar-refractivity contribution in [2.75, 3.05) is 0 Å². The summed E-state index contributed by atoms with van der Waals surface area (Å²) in [6.45, 7) is 0. The zero-order valence-corrected chi connectivity index (χ0v) is 13.3. The van der Waals surface area contributed by atoms with Gasteiger partial charge in [0.15, 0.2) is 0 Å². The smallest absolute Gasteiger partial charge is 0.239 e. The number of nitrogens with one attached hydrogen (secondary N) is 1. The lowest BCUT2D eigenvalue weighted by molar-refractivity contribution is -0.120. The summed E-state index contributed by atoms with van der Waals surface area (Å²) < 4.78 is 0. The predicted octanol–water partition coefficient (Wildman–Crippen LogP) is 3.59. The molecule has 0 spiro atoms. The van der Waals surface area contributed by atoms with Crippen molar-refractivity contribution in [3.8, 4) is 0 Å². The van der Waals surface area contributed by atoms with Gasteiger partial charge < -0.3 is 5.73 Å². The molecule has 3 aromatic carbocycles.